The van der Waals surface area contributed by atoms with Gasteiger partial charge in [0.25, 0.3) is 0 Å². The van der Waals surface area contributed by atoms with Crippen LogP contribution in [0.5, 0.6) is 11.5 Å². The van der Waals surface area contributed by atoms with Crippen molar-refractivity contribution >= 4 is 23.9 Å². The van der Waals surface area contributed by atoms with E-state index in [1.165, 1.54) is 0 Å². The maximum atomic E-state index is 9.93. The van der Waals surface area contributed by atoms with E-state index in [2.05, 4.69) is 13.2 Å². The third kappa shape index (κ3) is 1.18. The Bertz CT molecular complexity index is 642. The number of aromatic hydroxyl groups is 2. The second-order valence-corrected chi connectivity index (χ2v) is 3.64. The fourth-order valence-electron chi connectivity index (χ4n) is 1.75. The molecule has 0 saturated carbocycles. The van der Waals surface area contributed by atoms with Crippen LogP contribution in [-0.4, -0.2) is 10.2 Å². The fraction of sp³-hybridized carbons (Fsp3) is 0.0769. The van der Waals surface area contributed by atoms with E-state index in [0.29, 0.717) is 26.8 Å². The molecule has 2 nitrogen and oxygen atoms in total. The molecule has 0 heterocycles. The van der Waals surface area contributed by atoms with Gasteiger partial charge in [0, 0.05) is 21.6 Å². The Balaban J connectivity index is 3.23. The van der Waals surface area contributed by atoms with Crippen LogP contribution in [0.15, 0.2) is 18.2 Å². The summed E-state index contributed by atoms with van der Waals surface area (Å²) in [6, 6.07) is 5.34. The zero-order valence-corrected chi connectivity index (χ0v) is 8.54. The van der Waals surface area contributed by atoms with Crippen molar-refractivity contribution < 1.29 is 10.2 Å². The maximum absolute atomic E-state index is 9.93. The van der Waals surface area contributed by atoms with Gasteiger partial charge in [-0.25, -0.2) is 0 Å². The van der Waals surface area contributed by atoms with Crippen LogP contribution in [0.1, 0.15) is 5.56 Å². The van der Waals surface area contributed by atoms with Gasteiger partial charge in [0.15, 0.2) is 0 Å². The molecule has 2 aromatic rings. The van der Waals surface area contributed by atoms with Crippen molar-refractivity contribution in [1.82, 2.24) is 0 Å². The lowest BCUT2D eigenvalue weighted by molar-refractivity contribution is 0.462. The van der Waals surface area contributed by atoms with Gasteiger partial charge in [0.2, 0.25) is 0 Å². The Labute approximate surface area is 87.4 Å². The molecule has 0 unspecified atom stereocenters. The van der Waals surface area contributed by atoms with E-state index in [1.54, 1.807) is 25.1 Å². The van der Waals surface area contributed by atoms with E-state index in [0.717, 1.165) is 0 Å². The highest BCUT2D eigenvalue weighted by atomic mass is 16.3. The Morgan fingerprint density at radius 1 is 1.07 bits per heavy atom. The molecule has 0 amide bonds. The third-order valence-corrected chi connectivity index (χ3v) is 2.74. The molecule has 2 rings (SSSR count). The second-order valence-electron chi connectivity index (χ2n) is 3.64. The van der Waals surface area contributed by atoms with Crippen LogP contribution in [0.2, 0.25) is 0 Å². The van der Waals surface area contributed by atoms with E-state index in [9.17, 15) is 10.2 Å². The first kappa shape index (κ1) is 9.59. The molecule has 2 N–H and O–H groups in total. The number of rotatable bonds is 0. The predicted molar refractivity (Wildman–Crippen MR) is 62.3 cm³/mol. The summed E-state index contributed by atoms with van der Waals surface area (Å²) in [6.45, 7) is 9.29. The molecule has 0 saturated heterocycles. The first-order valence-corrected chi connectivity index (χ1v) is 4.65. The number of fused-ring (bicyclic) bond motifs is 1. The lowest BCUT2D eigenvalue weighted by Gasteiger charge is -2.08. The lowest BCUT2D eigenvalue weighted by atomic mass is 10.0. The molecule has 2 aromatic carbocycles. The third-order valence-electron chi connectivity index (χ3n) is 2.74. The monoisotopic (exact) mass is 200 g/mol. The summed E-state index contributed by atoms with van der Waals surface area (Å²) in [6.07, 6.45) is 0. The van der Waals surface area contributed by atoms with Gasteiger partial charge in [-0.3, -0.25) is 0 Å². The van der Waals surface area contributed by atoms with Crippen LogP contribution < -0.4 is 10.4 Å². The summed E-state index contributed by atoms with van der Waals surface area (Å²) < 4.78 is 0. The summed E-state index contributed by atoms with van der Waals surface area (Å²) in [5.74, 6) is 0.268. The SMILES string of the molecule is C=c1c(C)c(O)c2cccc(=C)c2c1O. The summed E-state index contributed by atoms with van der Waals surface area (Å²) in [7, 11) is 0. The van der Waals surface area contributed by atoms with Gasteiger partial charge < -0.3 is 10.2 Å². The van der Waals surface area contributed by atoms with Gasteiger partial charge in [0.05, 0.1) is 0 Å². The van der Waals surface area contributed by atoms with Crippen LogP contribution >= 0.6 is 0 Å². The fourth-order valence-corrected chi connectivity index (χ4v) is 1.75. The Kier molecular flexibility index (Phi) is 1.93. The molecule has 0 radical (unpaired) electrons. The van der Waals surface area contributed by atoms with Crippen molar-refractivity contribution in [3.05, 3.63) is 34.2 Å². The Morgan fingerprint density at radius 2 is 1.73 bits per heavy atom. The van der Waals surface area contributed by atoms with Gasteiger partial charge in [-0.2, -0.15) is 0 Å². The van der Waals surface area contributed by atoms with Crippen LogP contribution in [0, 0.1) is 6.92 Å². The molecule has 0 aliphatic rings. The Hall–Kier alpha value is -1.96. The highest BCUT2D eigenvalue weighted by Gasteiger charge is 2.10. The van der Waals surface area contributed by atoms with E-state index < -0.39 is 0 Å². The number of phenols is 2. The molecule has 0 aliphatic heterocycles. The highest BCUT2D eigenvalue weighted by Crippen LogP contribution is 2.28. The molecule has 0 fully saturated rings. The summed E-state index contributed by atoms with van der Waals surface area (Å²) in [4.78, 5) is 0. The van der Waals surface area contributed by atoms with Gasteiger partial charge in [-0.15, -0.1) is 0 Å². The second kappa shape index (κ2) is 3.02. The summed E-state index contributed by atoms with van der Waals surface area (Å²) in [5.41, 5.74) is 0.602. The number of benzene rings is 2. The van der Waals surface area contributed by atoms with Gasteiger partial charge in [0.1, 0.15) is 11.5 Å². The molecule has 15 heavy (non-hydrogen) atoms. The molecule has 0 spiro atoms. The van der Waals surface area contributed by atoms with Crippen molar-refractivity contribution in [2.45, 2.75) is 6.92 Å². The number of hydrogen-bond acceptors (Lipinski definition) is 2. The molecular weight excluding hydrogens is 188 g/mol. The standard InChI is InChI=1S/C13H12O2/c1-7-5-4-6-10-11(7)13(15)9(3)8(2)12(10)14/h4-6,14-15H,1,3H2,2H3. The molecular formula is C13H12O2. The van der Waals surface area contributed by atoms with Crippen molar-refractivity contribution in [3.8, 4) is 11.5 Å². The van der Waals surface area contributed by atoms with Crippen LogP contribution in [-0.2, 0) is 0 Å². The van der Waals surface area contributed by atoms with Gasteiger partial charge in [-0.05, 0) is 12.1 Å². The van der Waals surface area contributed by atoms with Gasteiger partial charge >= 0.3 is 0 Å². The zero-order valence-electron chi connectivity index (χ0n) is 8.54. The normalized spacial score (nSPS) is 10.7. The van der Waals surface area contributed by atoms with E-state index in [-0.39, 0.29) is 11.5 Å². The number of hydrogen-bond donors (Lipinski definition) is 2. The topological polar surface area (TPSA) is 40.5 Å². The van der Waals surface area contributed by atoms with Gasteiger partial charge in [-0.1, -0.05) is 31.4 Å². The first-order chi connectivity index (χ1) is 7.04. The Morgan fingerprint density at radius 3 is 2.40 bits per heavy atom. The van der Waals surface area contributed by atoms with E-state index in [1.807, 2.05) is 0 Å². The first-order valence-electron chi connectivity index (χ1n) is 4.65. The average Bonchev–Trinajstić information content (AvgIpc) is 2.23. The largest absolute Gasteiger partial charge is 0.507 e. The van der Waals surface area contributed by atoms with Crippen molar-refractivity contribution in [2.24, 2.45) is 0 Å². The minimum Gasteiger partial charge on any atom is -0.507 e. The van der Waals surface area contributed by atoms with E-state index in [4.69, 9.17) is 0 Å². The molecule has 0 aromatic heterocycles. The molecule has 0 atom stereocenters. The van der Waals surface area contributed by atoms with E-state index >= 15 is 0 Å². The minimum absolute atomic E-state index is 0.103. The smallest absolute Gasteiger partial charge is 0.131 e. The number of phenolic OH excluding ortho intramolecular Hbond substituents is 2. The van der Waals surface area contributed by atoms with Crippen LogP contribution in [0.4, 0.5) is 0 Å². The molecule has 2 heteroatoms. The van der Waals surface area contributed by atoms with Crippen LogP contribution in [0.3, 0.4) is 0 Å². The zero-order chi connectivity index (χ0) is 11.2. The molecule has 76 valence electrons. The van der Waals surface area contributed by atoms with Crippen LogP contribution in [0.25, 0.3) is 23.9 Å². The quantitative estimate of drug-likeness (QED) is 0.631. The summed E-state index contributed by atoms with van der Waals surface area (Å²) in [5, 5.41) is 22.2. The summed E-state index contributed by atoms with van der Waals surface area (Å²) >= 11 is 0. The lowest BCUT2D eigenvalue weighted by Crippen LogP contribution is -2.09. The molecule has 0 aliphatic carbocycles. The maximum Gasteiger partial charge on any atom is 0.131 e. The minimum atomic E-state index is 0.103. The molecule has 0 bridgehead atoms. The predicted octanol–water partition coefficient (Wildman–Crippen LogP) is 1.38. The van der Waals surface area contributed by atoms with Crippen molar-refractivity contribution in [2.75, 3.05) is 0 Å². The highest BCUT2D eigenvalue weighted by molar-refractivity contribution is 5.94. The van der Waals surface area contributed by atoms with Crippen molar-refractivity contribution in [1.29, 1.82) is 0 Å². The average molecular weight is 200 g/mol. The van der Waals surface area contributed by atoms with Crippen molar-refractivity contribution in [3.63, 3.8) is 0 Å².